The van der Waals surface area contributed by atoms with Crippen LogP contribution in [0.15, 0.2) is 54.1 Å². The average molecular weight is 435 g/mol. The molecule has 2 rings (SSSR count). The Bertz CT molecular complexity index is 1030. The van der Waals surface area contributed by atoms with Crippen molar-refractivity contribution in [1.82, 2.24) is 0 Å². The van der Waals surface area contributed by atoms with E-state index in [1.54, 1.807) is 32.0 Å². The molecule has 0 spiro atoms. The number of rotatable bonds is 8. The molecule has 8 heteroatoms. The van der Waals surface area contributed by atoms with Crippen LogP contribution in [0.25, 0.3) is 6.08 Å². The molecular formula is C24H25N3O5. The Balaban J connectivity index is 1.91. The molecule has 0 saturated heterocycles. The molecule has 0 aliphatic rings. The third kappa shape index (κ3) is 7.29. The minimum Gasteiger partial charge on any atom is -0.459 e. The van der Waals surface area contributed by atoms with Crippen molar-refractivity contribution in [3.05, 3.63) is 65.2 Å². The number of esters is 2. The van der Waals surface area contributed by atoms with Crippen LogP contribution in [-0.4, -0.2) is 44.7 Å². The predicted molar refractivity (Wildman–Crippen MR) is 121 cm³/mol. The van der Waals surface area contributed by atoms with Crippen molar-refractivity contribution in [3.8, 4) is 6.07 Å². The summed E-state index contributed by atoms with van der Waals surface area (Å²) in [5.41, 5.74) is 2.19. The van der Waals surface area contributed by atoms with E-state index in [1.807, 2.05) is 31.1 Å². The first-order valence-corrected chi connectivity index (χ1v) is 9.86. The maximum absolute atomic E-state index is 12.2. The fourth-order valence-electron chi connectivity index (χ4n) is 2.55. The number of benzene rings is 2. The Morgan fingerprint density at radius 1 is 1.06 bits per heavy atom. The lowest BCUT2D eigenvalue weighted by Gasteiger charge is -2.11. The van der Waals surface area contributed by atoms with Crippen LogP contribution in [0.4, 0.5) is 11.4 Å². The average Bonchev–Trinajstić information content (AvgIpc) is 2.76. The summed E-state index contributed by atoms with van der Waals surface area (Å²) in [7, 11) is 3.81. The van der Waals surface area contributed by atoms with E-state index in [9.17, 15) is 19.6 Å². The van der Waals surface area contributed by atoms with E-state index in [-0.39, 0.29) is 11.7 Å². The van der Waals surface area contributed by atoms with E-state index in [1.165, 1.54) is 30.3 Å². The zero-order valence-corrected chi connectivity index (χ0v) is 18.4. The van der Waals surface area contributed by atoms with Crippen LogP contribution < -0.4 is 10.2 Å². The molecule has 0 fully saturated rings. The molecule has 0 aliphatic heterocycles. The molecule has 0 aromatic heterocycles. The Morgan fingerprint density at radius 3 is 2.22 bits per heavy atom. The fraction of sp³-hybridized carbons (Fsp3) is 0.250. The number of amides is 1. The molecule has 0 unspecified atom stereocenters. The molecule has 0 aliphatic carbocycles. The van der Waals surface area contributed by atoms with Crippen molar-refractivity contribution >= 4 is 35.3 Å². The smallest absolute Gasteiger partial charge is 0.349 e. The first kappa shape index (κ1) is 24.2. The monoisotopic (exact) mass is 435 g/mol. The molecule has 0 bridgehead atoms. The van der Waals surface area contributed by atoms with Crippen molar-refractivity contribution in [2.24, 2.45) is 0 Å². The molecule has 2 aromatic rings. The third-order valence-corrected chi connectivity index (χ3v) is 4.14. The molecule has 166 valence electrons. The summed E-state index contributed by atoms with van der Waals surface area (Å²) in [5, 5.41) is 11.8. The number of carbonyl (C=O) groups is 3. The van der Waals surface area contributed by atoms with Crippen molar-refractivity contribution in [2.45, 2.75) is 20.0 Å². The summed E-state index contributed by atoms with van der Waals surface area (Å²) in [6.07, 6.45) is 1.16. The fourth-order valence-corrected chi connectivity index (χ4v) is 2.55. The van der Waals surface area contributed by atoms with Crippen molar-refractivity contribution in [1.29, 1.82) is 5.26 Å². The Morgan fingerprint density at radius 2 is 1.69 bits per heavy atom. The van der Waals surface area contributed by atoms with Gasteiger partial charge in [0.2, 0.25) is 0 Å². The second-order valence-corrected chi connectivity index (χ2v) is 7.31. The van der Waals surface area contributed by atoms with Crippen LogP contribution in [0.2, 0.25) is 0 Å². The van der Waals surface area contributed by atoms with E-state index < -0.39 is 24.5 Å². The summed E-state index contributed by atoms with van der Waals surface area (Å²) in [6, 6.07) is 15.2. The number of hydrogen-bond acceptors (Lipinski definition) is 7. The lowest BCUT2D eigenvalue weighted by Crippen LogP contribution is -2.21. The summed E-state index contributed by atoms with van der Waals surface area (Å²) in [6.45, 7) is 2.94. The van der Waals surface area contributed by atoms with Gasteiger partial charge in [0.1, 0.15) is 11.6 Å². The highest BCUT2D eigenvalue weighted by atomic mass is 16.5. The van der Waals surface area contributed by atoms with E-state index in [4.69, 9.17) is 9.47 Å². The first-order chi connectivity index (χ1) is 15.2. The van der Waals surface area contributed by atoms with Crippen LogP contribution in [0.3, 0.4) is 0 Å². The van der Waals surface area contributed by atoms with Crippen LogP contribution in [0.1, 0.15) is 29.8 Å². The summed E-state index contributed by atoms with van der Waals surface area (Å²) in [5.74, 6) is -1.94. The Kier molecular flexibility index (Phi) is 8.54. The molecule has 0 saturated carbocycles. The van der Waals surface area contributed by atoms with Gasteiger partial charge < -0.3 is 19.7 Å². The molecule has 32 heavy (non-hydrogen) atoms. The normalized spacial score (nSPS) is 10.8. The topological polar surface area (TPSA) is 109 Å². The summed E-state index contributed by atoms with van der Waals surface area (Å²) < 4.78 is 10.0. The van der Waals surface area contributed by atoms with Gasteiger partial charge in [0, 0.05) is 25.5 Å². The molecule has 0 atom stereocenters. The van der Waals surface area contributed by atoms with Gasteiger partial charge in [-0.25, -0.2) is 9.59 Å². The second kappa shape index (κ2) is 11.3. The maximum atomic E-state index is 12.2. The van der Waals surface area contributed by atoms with Crippen molar-refractivity contribution < 1.29 is 23.9 Å². The molecule has 0 radical (unpaired) electrons. The number of nitrogens with zero attached hydrogens (tertiary/aromatic N) is 2. The van der Waals surface area contributed by atoms with Crippen molar-refractivity contribution in [3.63, 3.8) is 0 Å². The van der Waals surface area contributed by atoms with E-state index in [2.05, 4.69) is 5.32 Å². The Hall–Kier alpha value is -4.12. The van der Waals surface area contributed by atoms with Gasteiger partial charge in [-0.15, -0.1) is 0 Å². The zero-order valence-electron chi connectivity index (χ0n) is 18.4. The number of hydrogen-bond donors (Lipinski definition) is 1. The van der Waals surface area contributed by atoms with Crippen LogP contribution in [-0.2, 0) is 19.1 Å². The lowest BCUT2D eigenvalue weighted by atomic mass is 10.1. The predicted octanol–water partition coefficient (Wildman–Crippen LogP) is 3.41. The van der Waals surface area contributed by atoms with Gasteiger partial charge in [-0.2, -0.15) is 5.26 Å². The molecule has 2 aromatic carbocycles. The minimum atomic E-state index is -0.897. The van der Waals surface area contributed by atoms with Gasteiger partial charge in [0.05, 0.1) is 11.7 Å². The summed E-state index contributed by atoms with van der Waals surface area (Å²) >= 11 is 0. The molecule has 1 N–H and O–H groups in total. The molecule has 1 amide bonds. The highest BCUT2D eigenvalue weighted by Gasteiger charge is 2.14. The van der Waals surface area contributed by atoms with Crippen molar-refractivity contribution in [2.75, 3.05) is 30.9 Å². The van der Waals surface area contributed by atoms with Crippen LogP contribution in [0.5, 0.6) is 0 Å². The van der Waals surface area contributed by atoms with Gasteiger partial charge in [0.15, 0.2) is 6.61 Å². The van der Waals surface area contributed by atoms with Gasteiger partial charge in [-0.05, 0) is 61.9 Å². The van der Waals surface area contributed by atoms with Gasteiger partial charge in [-0.3, -0.25) is 4.79 Å². The number of anilines is 2. The number of nitriles is 1. The highest BCUT2D eigenvalue weighted by Crippen LogP contribution is 2.15. The van der Waals surface area contributed by atoms with Crippen LogP contribution >= 0.6 is 0 Å². The number of carbonyl (C=O) groups excluding carboxylic acids is 3. The third-order valence-electron chi connectivity index (χ3n) is 4.14. The van der Waals surface area contributed by atoms with Gasteiger partial charge in [-0.1, -0.05) is 12.1 Å². The lowest BCUT2D eigenvalue weighted by molar-refractivity contribution is -0.142. The maximum Gasteiger partial charge on any atom is 0.349 e. The highest BCUT2D eigenvalue weighted by molar-refractivity contribution is 6.00. The zero-order chi connectivity index (χ0) is 23.7. The van der Waals surface area contributed by atoms with Crippen LogP contribution in [0, 0.1) is 11.3 Å². The number of ether oxygens (including phenoxy) is 2. The summed E-state index contributed by atoms with van der Waals surface area (Å²) in [4.78, 5) is 38.0. The minimum absolute atomic E-state index is 0.219. The van der Waals surface area contributed by atoms with E-state index in [0.717, 1.165) is 5.69 Å². The first-order valence-electron chi connectivity index (χ1n) is 9.86. The Labute approximate surface area is 187 Å². The van der Waals surface area contributed by atoms with E-state index in [0.29, 0.717) is 16.8 Å². The van der Waals surface area contributed by atoms with Gasteiger partial charge >= 0.3 is 11.9 Å². The standard InChI is InChI=1S/C24H25N3O5/c1-16(2)32-24(30)18-7-9-20(10-8-18)26-22(28)15-31-23(29)19(14-25)13-17-5-11-21(12-6-17)27(3)4/h5-13,16H,15H2,1-4H3,(H,26,28)/b19-13+. The van der Waals surface area contributed by atoms with E-state index >= 15 is 0 Å². The SMILES string of the molecule is CC(C)OC(=O)c1ccc(NC(=O)COC(=O)/C(C#N)=C/c2ccc(N(C)C)cc2)cc1. The number of nitrogens with one attached hydrogen (secondary N) is 1. The van der Waals surface area contributed by atoms with Gasteiger partial charge in [0.25, 0.3) is 5.91 Å². The second-order valence-electron chi connectivity index (χ2n) is 7.31. The molecule has 0 heterocycles. The molecule has 8 nitrogen and oxygen atoms in total. The largest absolute Gasteiger partial charge is 0.459 e. The quantitative estimate of drug-likeness (QED) is 0.384. The molecular weight excluding hydrogens is 410 g/mol.